The molecule has 2 aromatic carbocycles. The molecule has 2 heteroatoms. The predicted molar refractivity (Wildman–Crippen MR) is 67.2 cm³/mol. The molecular weight excluding hydrogens is 272 g/mol. The predicted octanol–water partition coefficient (Wildman–Crippen LogP) is 4.49. The van der Waals surface area contributed by atoms with Crippen LogP contribution >= 0.6 is 27.5 Å². The largest absolute Gasteiger partial charge is 0.0840 e. The first-order valence-electron chi connectivity index (χ1n) is 4.64. The van der Waals surface area contributed by atoms with E-state index in [4.69, 9.17) is 11.6 Å². The zero-order chi connectivity index (χ0) is 10.7. The van der Waals surface area contributed by atoms with Crippen LogP contribution < -0.4 is 0 Å². The Bertz CT molecular complexity index is 451. The SMILES string of the molecule is Clc1ccc(Br)cc1Cc1cc[c]cc1. The lowest BCUT2D eigenvalue weighted by Crippen LogP contribution is -1.88. The van der Waals surface area contributed by atoms with Crippen molar-refractivity contribution >= 4 is 27.5 Å². The van der Waals surface area contributed by atoms with Crippen LogP contribution in [0, 0.1) is 6.07 Å². The maximum Gasteiger partial charge on any atom is 0.0442 e. The minimum Gasteiger partial charge on any atom is -0.0840 e. The van der Waals surface area contributed by atoms with Crippen LogP contribution in [0.25, 0.3) is 0 Å². The second kappa shape index (κ2) is 4.82. The maximum absolute atomic E-state index is 6.12. The van der Waals surface area contributed by atoms with E-state index in [0.29, 0.717) is 0 Å². The van der Waals surface area contributed by atoms with Crippen LogP contribution in [0.15, 0.2) is 46.9 Å². The normalized spacial score (nSPS) is 10.3. The van der Waals surface area contributed by atoms with Crippen LogP contribution in [0.2, 0.25) is 5.02 Å². The summed E-state index contributed by atoms with van der Waals surface area (Å²) in [6.45, 7) is 0. The molecule has 0 amide bonds. The highest BCUT2D eigenvalue weighted by molar-refractivity contribution is 9.10. The van der Waals surface area contributed by atoms with Gasteiger partial charge in [-0.1, -0.05) is 51.8 Å². The van der Waals surface area contributed by atoms with E-state index in [1.54, 1.807) is 0 Å². The summed E-state index contributed by atoms with van der Waals surface area (Å²) in [5, 5.41) is 0.811. The fourth-order valence-electron chi connectivity index (χ4n) is 1.44. The lowest BCUT2D eigenvalue weighted by atomic mass is 10.1. The number of rotatable bonds is 2. The molecule has 0 heterocycles. The second-order valence-corrected chi connectivity index (χ2v) is 4.64. The molecule has 0 spiro atoms. The molecule has 0 fully saturated rings. The Balaban J connectivity index is 2.28. The molecule has 2 rings (SSSR count). The third-order valence-corrected chi connectivity index (χ3v) is 3.05. The van der Waals surface area contributed by atoms with Crippen molar-refractivity contribution < 1.29 is 0 Å². The van der Waals surface area contributed by atoms with E-state index in [9.17, 15) is 0 Å². The lowest BCUT2D eigenvalue weighted by Gasteiger charge is -2.04. The number of hydrogen-bond acceptors (Lipinski definition) is 0. The molecule has 15 heavy (non-hydrogen) atoms. The Morgan fingerprint density at radius 1 is 1.13 bits per heavy atom. The van der Waals surface area contributed by atoms with Crippen LogP contribution in [-0.2, 0) is 6.42 Å². The van der Waals surface area contributed by atoms with Gasteiger partial charge in [-0.25, -0.2) is 0 Å². The van der Waals surface area contributed by atoms with Gasteiger partial charge in [-0.15, -0.1) is 0 Å². The van der Waals surface area contributed by atoms with Gasteiger partial charge < -0.3 is 0 Å². The second-order valence-electron chi connectivity index (χ2n) is 3.32. The van der Waals surface area contributed by atoms with E-state index in [1.165, 1.54) is 5.56 Å². The van der Waals surface area contributed by atoms with E-state index in [2.05, 4.69) is 40.2 Å². The van der Waals surface area contributed by atoms with Crippen LogP contribution in [0.4, 0.5) is 0 Å². The molecule has 0 aliphatic carbocycles. The highest BCUT2D eigenvalue weighted by atomic mass is 79.9. The van der Waals surface area contributed by atoms with Gasteiger partial charge in [-0.2, -0.15) is 0 Å². The van der Waals surface area contributed by atoms with Gasteiger partial charge in [0.1, 0.15) is 0 Å². The summed E-state index contributed by atoms with van der Waals surface area (Å²) in [4.78, 5) is 0. The molecule has 1 radical (unpaired) electrons. The van der Waals surface area contributed by atoms with Crippen molar-refractivity contribution in [3.05, 3.63) is 69.2 Å². The van der Waals surface area contributed by atoms with E-state index in [-0.39, 0.29) is 0 Å². The minimum atomic E-state index is 0.811. The zero-order valence-electron chi connectivity index (χ0n) is 8.00. The molecule has 0 aliphatic heterocycles. The van der Waals surface area contributed by atoms with Crippen molar-refractivity contribution in [2.45, 2.75) is 6.42 Å². The third kappa shape index (κ3) is 2.83. The van der Waals surface area contributed by atoms with E-state index in [1.807, 2.05) is 24.3 Å². The number of halogens is 2. The minimum absolute atomic E-state index is 0.811. The average molecular weight is 281 g/mol. The van der Waals surface area contributed by atoms with Crippen molar-refractivity contribution in [2.75, 3.05) is 0 Å². The highest BCUT2D eigenvalue weighted by Gasteiger charge is 2.02. The molecule has 2 aromatic rings. The Morgan fingerprint density at radius 3 is 2.60 bits per heavy atom. The molecule has 0 aliphatic rings. The van der Waals surface area contributed by atoms with Crippen molar-refractivity contribution in [3.63, 3.8) is 0 Å². The first-order chi connectivity index (χ1) is 7.25. The highest BCUT2D eigenvalue weighted by Crippen LogP contribution is 2.23. The Hall–Kier alpha value is -0.790. The van der Waals surface area contributed by atoms with Gasteiger partial charge in [0.15, 0.2) is 0 Å². The molecule has 0 N–H and O–H groups in total. The Morgan fingerprint density at radius 2 is 1.87 bits per heavy atom. The number of benzene rings is 2. The van der Waals surface area contributed by atoms with Gasteiger partial charge in [0.25, 0.3) is 0 Å². The van der Waals surface area contributed by atoms with Gasteiger partial charge in [0.05, 0.1) is 0 Å². The summed E-state index contributed by atoms with van der Waals surface area (Å²) in [5.41, 5.74) is 2.38. The van der Waals surface area contributed by atoms with Crippen molar-refractivity contribution in [2.24, 2.45) is 0 Å². The summed E-state index contributed by atoms with van der Waals surface area (Å²) < 4.78 is 1.06. The van der Waals surface area contributed by atoms with Gasteiger partial charge in [0.2, 0.25) is 0 Å². The smallest absolute Gasteiger partial charge is 0.0442 e. The molecule has 0 unspecified atom stereocenters. The van der Waals surface area contributed by atoms with Gasteiger partial charge >= 0.3 is 0 Å². The van der Waals surface area contributed by atoms with E-state index in [0.717, 1.165) is 21.5 Å². The van der Waals surface area contributed by atoms with Crippen LogP contribution in [0.5, 0.6) is 0 Å². The standard InChI is InChI=1S/C13H9BrCl/c14-12-6-7-13(15)11(9-12)8-10-4-2-1-3-5-10/h2-7,9H,8H2. The topological polar surface area (TPSA) is 0 Å². The van der Waals surface area contributed by atoms with Gasteiger partial charge in [-0.3, -0.25) is 0 Å². The van der Waals surface area contributed by atoms with Crippen molar-refractivity contribution in [3.8, 4) is 0 Å². The molecular formula is C13H9BrCl. The molecule has 0 saturated carbocycles. The lowest BCUT2D eigenvalue weighted by molar-refractivity contribution is 1.19. The third-order valence-electron chi connectivity index (χ3n) is 2.19. The maximum atomic E-state index is 6.12. The number of hydrogen-bond donors (Lipinski definition) is 0. The Labute approximate surface area is 103 Å². The van der Waals surface area contributed by atoms with Crippen molar-refractivity contribution in [1.29, 1.82) is 0 Å². The fourth-order valence-corrected chi connectivity index (χ4v) is 2.03. The van der Waals surface area contributed by atoms with E-state index < -0.39 is 0 Å². The zero-order valence-corrected chi connectivity index (χ0v) is 10.3. The van der Waals surface area contributed by atoms with E-state index >= 15 is 0 Å². The van der Waals surface area contributed by atoms with Crippen LogP contribution in [-0.4, -0.2) is 0 Å². The van der Waals surface area contributed by atoms with Crippen molar-refractivity contribution in [1.82, 2.24) is 0 Å². The molecule has 0 saturated heterocycles. The summed E-state index contributed by atoms with van der Waals surface area (Å²) >= 11 is 9.56. The average Bonchev–Trinajstić information content (AvgIpc) is 2.25. The summed E-state index contributed by atoms with van der Waals surface area (Å²) in [7, 11) is 0. The molecule has 0 aromatic heterocycles. The first kappa shape index (κ1) is 10.7. The summed E-state index contributed by atoms with van der Waals surface area (Å²) in [6, 6.07) is 16.9. The fraction of sp³-hybridized carbons (Fsp3) is 0.0769. The molecule has 0 nitrogen and oxygen atoms in total. The quantitative estimate of drug-likeness (QED) is 0.760. The summed E-state index contributed by atoms with van der Waals surface area (Å²) in [6.07, 6.45) is 0.854. The Kier molecular flexibility index (Phi) is 3.45. The van der Waals surface area contributed by atoms with Gasteiger partial charge in [0, 0.05) is 9.50 Å². The first-order valence-corrected chi connectivity index (χ1v) is 5.82. The van der Waals surface area contributed by atoms with Crippen LogP contribution in [0.3, 0.4) is 0 Å². The molecule has 0 bridgehead atoms. The summed E-state index contributed by atoms with van der Waals surface area (Å²) in [5.74, 6) is 0. The molecule has 75 valence electrons. The van der Waals surface area contributed by atoms with Crippen LogP contribution in [0.1, 0.15) is 11.1 Å². The monoisotopic (exact) mass is 279 g/mol. The molecule has 0 atom stereocenters. The van der Waals surface area contributed by atoms with Gasteiger partial charge in [-0.05, 0) is 41.8 Å².